The highest BCUT2D eigenvalue weighted by molar-refractivity contribution is 5.91. The summed E-state index contributed by atoms with van der Waals surface area (Å²) in [5, 5.41) is 4.27. The average Bonchev–Trinajstić information content (AvgIpc) is 3.27. The van der Waals surface area contributed by atoms with Gasteiger partial charge in [-0.25, -0.2) is 4.98 Å². The summed E-state index contributed by atoms with van der Waals surface area (Å²) in [6.45, 7) is 4.70. The number of nitrogens with zero attached hydrogens (tertiary/aromatic N) is 5. The molecule has 1 unspecified atom stereocenters. The maximum Gasteiger partial charge on any atom is 0.291 e. The molecule has 2 aliphatic rings. The number of carbonyl (C=O) groups is 1. The molecule has 0 aliphatic carbocycles. The predicted molar refractivity (Wildman–Crippen MR) is 91.8 cm³/mol. The number of aromatic nitrogens is 3. The second kappa shape index (κ2) is 6.63. The molecule has 0 bridgehead atoms. The lowest BCUT2D eigenvalue weighted by Crippen LogP contribution is -2.53. The lowest BCUT2D eigenvalue weighted by molar-refractivity contribution is 0.00940. The minimum atomic E-state index is -0.0275. The molecule has 7 heteroatoms. The highest BCUT2D eigenvalue weighted by Gasteiger charge is 2.41. The number of carbonyl (C=O) groups excluding carboxylic acids is 1. The van der Waals surface area contributed by atoms with Crippen molar-refractivity contribution in [2.75, 3.05) is 26.2 Å². The Labute approximate surface area is 147 Å². The van der Waals surface area contributed by atoms with Gasteiger partial charge in [-0.05, 0) is 38.3 Å². The van der Waals surface area contributed by atoms with Crippen molar-refractivity contribution < 1.29 is 9.21 Å². The second-order valence-electron chi connectivity index (χ2n) is 7.46. The van der Waals surface area contributed by atoms with Crippen LogP contribution in [0.25, 0.3) is 0 Å². The Kier molecular flexibility index (Phi) is 4.33. The highest BCUT2D eigenvalue weighted by Crippen LogP contribution is 2.39. The van der Waals surface area contributed by atoms with Crippen LogP contribution in [0.1, 0.15) is 41.9 Å². The fourth-order valence-corrected chi connectivity index (χ4v) is 4.42. The molecule has 1 amide bonds. The standard InChI is InChI=1S/C18H25N5O2/c1-21-15(4-7-20-21)11-22-8-2-5-18(12-22)6-3-9-23(13-18)17(24)16-10-19-14-25-16/h4,7,10,14H,2-3,5-6,8-9,11-13H2,1H3. The molecule has 2 aliphatic heterocycles. The minimum absolute atomic E-state index is 0.0275. The summed E-state index contributed by atoms with van der Waals surface area (Å²) >= 11 is 0. The third-order valence-electron chi connectivity index (χ3n) is 5.64. The Morgan fingerprint density at radius 3 is 2.84 bits per heavy atom. The Morgan fingerprint density at radius 1 is 1.28 bits per heavy atom. The fourth-order valence-electron chi connectivity index (χ4n) is 4.42. The van der Waals surface area contributed by atoms with Gasteiger partial charge in [0, 0.05) is 44.8 Å². The van der Waals surface area contributed by atoms with E-state index in [4.69, 9.17) is 4.42 Å². The Balaban J connectivity index is 1.45. The van der Waals surface area contributed by atoms with Crippen LogP contribution in [0.2, 0.25) is 0 Å². The first-order valence-electron chi connectivity index (χ1n) is 9.02. The van der Waals surface area contributed by atoms with Crippen LogP contribution in [0.15, 0.2) is 29.3 Å². The van der Waals surface area contributed by atoms with Gasteiger partial charge in [0.1, 0.15) is 0 Å². The molecular formula is C18H25N5O2. The smallest absolute Gasteiger partial charge is 0.291 e. The van der Waals surface area contributed by atoms with Crippen molar-refractivity contribution in [3.8, 4) is 0 Å². The van der Waals surface area contributed by atoms with Crippen LogP contribution in [-0.2, 0) is 13.6 Å². The lowest BCUT2D eigenvalue weighted by Gasteiger charge is -2.48. The van der Waals surface area contributed by atoms with Crippen molar-refractivity contribution in [1.82, 2.24) is 24.6 Å². The van der Waals surface area contributed by atoms with Crippen molar-refractivity contribution >= 4 is 5.91 Å². The van der Waals surface area contributed by atoms with Gasteiger partial charge in [-0.1, -0.05) is 0 Å². The third-order valence-corrected chi connectivity index (χ3v) is 5.64. The summed E-state index contributed by atoms with van der Waals surface area (Å²) in [4.78, 5) is 21.0. The van der Waals surface area contributed by atoms with E-state index in [0.29, 0.717) is 5.76 Å². The van der Waals surface area contributed by atoms with Crippen molar-refractivity contribution in [3.63, 3.8) is 0 Å². The number of hydrogen-bond acceptors (Lipinski definition) is 5. The van der Waals surface area contributed by atoms with Crippen LogP contribution in [0.3, 0.4) is 0 Å². The van der Waals surface area contributed by atoms with Crippen LogP contribution < -0.4 is 0 Å². The van der Waals surface area contributed by atoms with E-state index in [-0.39, 0.29) is 11.3 Å². The topological polar surface area (TPSA) is 67.4 Å². The Hall–Kier alpha value is -2.15. The molecule has 134 valence electrons. The third kappa shape index (κ3) is 3.33. The van der Waals surface area contributed by atoms with Crippen molar-refractivity contribution in [2.24, 2.45) is 12.5 Å². The van der Waals surface area contributed by atoms with E-state index in [9.17, 15) is 4.79 Å². The first-order chi connectivity index (χ1) is 12.2. The molecule has 0 N–H and O–H groups in total. The molecule has 4 heterocycles. The van der Waals surface area contributed by atoms with Gasteiger partial charge in [-0.3, -0.25) is 14.4 Å². The molecule has 0 saturated carbocycles. The molecule has 2 aromatic rings. The van der Waals surface area contributed by atoms with Gasteiger partial charge in [0.25, 0.3) is 5.91 Å². The summed E-state index contributed by atoms with van der Waals surface area (Å²) in [5.74, 6) is 0.319. The quantitative estimate of drug-likeness (QED) is 0.852. The summed E-state index contributed by atoms with van der Waals surface area (Å²) in [6, 6.07) is 2.09. The van der Waals surface area contributed by atoms with Gasteiger partial charge in [0.2, 0.25) is 5.76 Å². The van der Waals surface area contributed by atoms with E-state index >= 15 is 0 Å². The van der Waals surface area contributed by atoms with Crippen molar-refractivity contribution in [2.45, 2.75) is 32.2 Å². The molecule has 7 nitrogen and oxygen atoms in total. The van der Waals surface area contributed by atoms with Crippen LogP contribution in [0, 0.1) is 5.41 Å². The molecule has 2 aromatic heterocycles. The van der Waals surface area contributed by atoms with Gasteiger partial charge >= 0.3 is 0 Å². The fraction of sp³-hybridized carbons (Fsp3) is 0.611. The molecule has 4 rings (SSSR count). The molecule has 1 atom stereocenters. The Bertz CT molecular complexity index is 722. The average molecular weight is 343 g/mol. The predicted octanol–water partition coefficient (Wildman–Crippen LogP) is 1.93. The normalized spacial score (nSPS) is 24.8. The van der Waals surface area contributed by atoms with E-state index < -0.39 is 0 Å². The maximum atomic E-state index is 12.6. The zero-order valence-electron chi connectivity index (χ0n) is 14.7. The van der Waals surface area contributed by atoms with Crippen LogP contribution in [0.4, 0.5) is 0 Å². The minimum Gasteiger partial charge on any atom is -0.438 e. The first kappa shape index (κ1) is 16.3. The number of aryl methyl sites for hydroxylation is 1. The molecule has 0 aromatic carbocycles. The molecule has 2 saturated heterocycles. The van der Waals surface area contributed by atoms with Crippen LogP contribution >= 0.6 is 0 Å². The van der Waals surface area contributed by atoms with E-state index in [1.807, 2.05) is 22.8 Å². The number of hydrogen-bond donors (Lipinski definition) is 0. The van der Waals surface area contributed by atoms with Crippen molar-refractivity contribution in [3.05, 3.63) is 36.3 Å². The van der Waals surface area contributed by atoms with Crippen molar-refractivity contribution in [1.29, 1.82) is 0 Å². The molecule has 25 heavy (non-hydrogen) atoms. The van der Waals surface area contributed by atoms with Crippen LogP contribution in [0.5, 0.6) is 0 Å². The van der Waals surface area contributed by atoms with Crippen LogP contribution in [-0.4, -0.2) is 56.7 Å². The number of piperidine rings is 2. The van der Waals surface area contributed by atoms with Gasteiger partial charge in [0.05, 0.1) is 11.9 Å². The summed E-state index contributed by atoms with van der Waals surface area (Å²) < 4.78 is 7.15. The van der Waals surface area contributed by atoms with E-state index in [0.717, 1.165) is 39.1 Å². The monoisotopic (exact) mass is 343 g/mol. The zero-order valence-corrected chi connectivity index (χ0v) is 14.7. The molecule has 0 radical (unpaired) electrons. The number of likely N-dealkylation sites (tertiary alicyclic amines) is 2. The lowest BCUT2D eigenvalue weighted by atomic mass is 9.73. The second-order valence-corrected chi connectivity index (χ2v) is 7.46. The molecule has 2 fully saturated rings. The van der Waals surface area contributed by atoms with Gasteiger partial charge in [0.15, 0.2) is 6.39 Å². The largest absolute Gasteiger partial charge is 0.438 e. The van der Waals surface area contributed by atoms with E-state index in [1.165, 1.54) is 37.5 Å². The van der Waals surface area contributed by atoms with Gasteiger partial charge < -0.3 is 9.32 Å². The molecule has 1 spiro atoms. The number of oxazole rings is 1. The zero-order chi connectivity index (χ0) is 17.3. The molecular weight excluding hydrogens is 318 g/mol. The van der Waals surface area contributed by atoms with Gasteiger partial charge in [-0.15, -0.1) is 0 Å². The maximum absolute atomic E-state index is 12.6. The number of amides is 1. The van der Waals surface area contributed by atoms with Gasteiger partial charge in [-0.2, -0.15) is 5.10 Å². The SMILES string of the molecule is Cn1nccc1CN1CCCC2(CCCN(C(=O)c3cnco3)C2)C1. The summed E-state index contributed by atoms with van der Waals surface area (Å²) in [7, 11) is 1.99. The Morgan fingerprint density at radius 2 is 2.12 bits per heavy atom. The van der Waals surface area contributed by atoms with E-state index in [2.05, 4.69) is 21.0 Å². The van der Waals surface area contributed by atoms with E-state index in [1.54, 1.807) is 0 Å². The summed E-state index contributed by atoms with van der Waals surface area (Å²) in [6.07, 6.45) is 9.31. The first-order valence-corrected chi connectivity index (χ1v) is 9.02. The highest BCUT2D eigenvalue weighted by atomic mass is 16.3. The summed E-state index contributed by atoms with van der Waals surface area (Å²) in [5.41, 5.74) is 1.44. The number of rotatable bonds is 3.